The molecule has 0 unspecified atom stereocenters. The van der Waals surface area contributed by atoms with Crippen LogP contribution in [0.15, 0.2) is 0 Å². The molecule has 2 heterocycles. The maximum absolute atomic E-state index is 12.5. The SMILES string of the molecule is CCc1c(C(=O)NCC2(C)CCNCC2)[nH]c(C)c1C(C)=O. The molecular formula is C17H27N3O2. The number of carbonyl (C=O) groups is 2. The van der Waals surface area contributed by atoms with Crippen LogP contribution in [0.3, 0.4) is 0 Å². The van der Waals surface area contributed by atoms with Gasteiger partial charge in [0.2, 0.25) is 0 Å². The summed E-state index contributed by atoms with van der Waals surface area (Å²) in [4.78, 5) is 27.4. The highest BCUT2D eigenvalue weighted by Gasteiger charge is 2.28. The number of aryl methyl sites for hydroxylation is 1. The van der Waals surface area contributed by atoms with Crippen LogP contribution in [0, 0.1) is 12.3 Å². The van der Waals surface area contributed by atoms with Crippen LogP contribution in [0.1, 0.15) is 65.7 Å². The molecule has 1 amide bonds. The third kappa shape index (κ3) is 3.40. The van der Waals surface area contributed by atoms with Gasteiger partial charge in [0.1, 0.15) is 5.69 Å². The fourth-order valence-corrected chi connectivity index (χ4v) is 3.29. The van der Waals surface area contributed by atoms with Crippen LogP contribution in [-0.2, 0) is 6.42 Å². The number of rotatable bonds is 5. The van der Waals surface area contributed by atoms with Crippen LogP contribution in [0.4, 0.5) is 0 Å². The van der Waals surface area contributed by atoms with Crippen LogP contribution < -0.4 is 10.6 Å². The average molecular weight is 305 g/mol. The zero-order chi connectivity index (χ0) is 16.3. The average Bonchev–Trinajstić information content (AvgIpc) is 2.82. The lowest BCUT2D eigenvalue weighted by atomic mass is 9.81. The third-order valence-corrected chi connectivity index (χ3v) is 4.71. The number of hydrogen-bond acceptors (Lipinski definition) is 3. The lowest BCUT2D eigenvalue weighted by Crippen LogP contribution is -2.43. The van der Waals surface area contributed by atoms with Gasteiger partial charge >= 0.3 is 0 Å². The van der Waals surface area contributed by atoms with Gasteiger partial charge in [-0.1, -0.05) is 13.8 Å². The van der Waals surface area contributed by atoms with Crippen LogP contribution in [-0.4, -0.2) is 36.3 Å². The first-order chi connectivity index (χ1) is 10.4. The first-order valence-corrected chi connectivity index (χ1v) is 8.09. The molecule has 5 heteroatoms. The van der Waals surface area contributed by atoms with Crippen LogP contribution >= 0.6 is 0 Å². The number of nitrogens with one attached hydrogen (secondary N) is 3. The molecule has 1 aromatic rings. The summed E-state index contributed by atoms with van der Waals surface area (Å²) < 4.78 is 0. The Morgan fingerprint density at radius 2 is 1.91 bits per heavy atom. The third-order valence-electron chi connectivity index (χ3n) is 4.71. The van der Waals surface area contributed by atoms with Crippen molar-refractivity contribution in [3.05, 3.63) is 22.5 Å². The van der Waals surface area contributed by atoms with Gasteiger partial charge in [-0.05, 0) is 57.2 Å². The Hall–Kier alpha value is -1.62. The molecular weight excluding hydrogens is 278 g/mol. The van der Waals surface area contributed by atoms with Crippen molar-refractivity contribution in [2.45, 2.75) is 47.0 Å². The summed E-state index contributed by atoms with van der Waals surface area (Å²) >= 11 is 0. The van der Waals surface area contributed by atoms with E-state index in [1.54, 1.807) is 6.92 Å². The standard InChI is InChI=1S/C17H27N3O2/c1-5-13-14(12(3)21)11(2)20-15(13)16(22)19-10-17(4)6-8-18-9-7-17/h18,20H,5-10H2,1-4H3,(H,19,22). The molecule has 22 heavy (non-hydrogen) atoms. The monoisotopic (exact) mass is 305 g/mol. The Morgan fingerprint density at radius 1 is 1.27 bits per heavy atom. The minimum absolute atomic E-state index is 0.00923. The number of piperidine rings is 1. The second-order valence-corrected chi connectivity index (χ2v) is 6.63. The van der Waals surface area contributed by atoms with Crippen LogP contribution in [0.2, 0.25) is 0 Å². The Kier molecular flexibility index (Phi) is 5.06. The topological polar surface area (TPSA) is 74.0 Å². The van der Waals surface area contributed by atoms with E-state index in [4.69, 9.17) is 0 Å². The van der Waals surface area contributed by atoms with Gasteiger partial charge in [-0.3, -0.25) is 9.59 Å². The lowest BCUT2D eigenvalue weighted by molar-refractivity contribution is 0.0916. The van der Waals surface area contributed by atoms with E-state index in [9.17, 15) is 9.59 Å². The minimum Gasteiger partial charge on any atom is -0.354 e. The number of aromatic amines is 1. The first kappa shape index (κ1) is 16.7. The number of carbonyl (C=O) groups excluding carboxylic acids is 2. The van der Waals surface area contributed by atoms with Crippen molar-refractivity contribution in [3.8, 4) is 0 Å². The zero-order valence-corrected chi connectivity index (χ0v) is 14.1. The highest BCUT2D eigenvalue weighted by Crippen LogP contribution is 2.27. The molecule has 1 aromatic heterocycles. The van der Waals surface area contributed by atoms with Crippen molar-refractivity contribution in [1.29, 1.82) is 0 Å². The highest BCUT2D eigenvalue weighted by atomic mass is 16.2. The van der Waals surface area contributed by atoms with Crippen molar-refractivity contribution in [2.75, 3.05) is 19.6 Å². The van der Waals surface area contributed by atoms with Crippen molar-refractivity contribution in [1.82, 2.24) is 15.6 Å². The molecule has 5 nitrogen and oxygen atoms in total. The van der Waals surface area contributed by atoms with E-state index in [1.165, 1.54) is 0 Å². The minimum atomic E-state index is -0.104. The van der Waals surface area contributed by atoms with E-state index in [1.807, 2.05) is 13.8 Å². The summed E-state index contributed by atoms with van der Waals surface area (Å²) in [6.45, 7) is 10.3. The molecule has 1 fully saturated rings. The van der Waals surface area contributed by atoms with Crippen LogP contribution in [0.25, 0.3) is 0 Å². The molecule has 0 atom stereocenters. The Labute approximate surface area is 132 Å². The summed E-state index contributed by atoms with van der Waals surface area (Å²) in [5.74, 6) is -0.0952. The van der Waals surface area contributed by atoms with Gasteiger partial charge in [0.05, 0.1) is 0 Å². The lowest BCUT2D eigenvalue weighted by Gasteiger charge is -2.34. The van der Waals surface area contributed by atoms with Gasteiger partial charge in [0, 0.05) is 17.8 Å². The Bertz CT molecular complexity index is 569. The summed E-state index contributed by atoms with van der Waals surface area (Å²) in [6.07, 6.45) is 2.80. The van der Waals surface area contributed by atoms with Gasteiger partial charge in [0.25, 0.3) is 5.91 Å². The van der Waals surface area contributed by atoms with E-state index in [0.717, 1.165) is 37.2 Å². The van der Waals surface area contributed by atoms with Crippen molar-refractivity contribution < 1.29 is 9.59 Å². The summed E-state index contributed by atoms with van der Waals surface area (Å²) in [5, 5.41) is 6.40. The molecule has 122 valence electrons. The van der Waals surface area contributed by atoms with Gasteiger partial charge in [-0.15, -0.1) is 0 Å². The number of ketones is 1. The van der Waals surface area contributed by atoms with Crippen LogP contribution in [0.5, 0.6) is 0 Å². The van der Waals surface area contributed by atoms with E-state index in [2.05, 4.69) is 22.5 Å². The van der Waals surface area contributed by atoms with E-state index < -0.39 is 0 Å². The summed E-state index contributed by atoms with van der Waals surface area (Å²) in [5.41, 5.74) is 2.97. The number of H-pyrrole nitrogens is 1. The van der Waals surface area contributed by atoms with Gasteiger partial charge in [-0.2, -0.15) is 0 Å². The highest BCUT2D eigenvalue weighted by molar-refractivity contribution is 6.02. The second-order valence-electron chi connectivity index (χ2n) is 6.63. The number of amides is 1. The van der Waals surface area contributed by atoms with E-state index >= 15 is 0 Å². The Balaban J connectivity index is 2.13. The van der Waals surface area contributed by atoms with E-state index in [-0.39, 0.29) is 17.1 Å². The molecule has 0 spiro atoms. The van der Waals surface area contributed by atoms with Gasteiger partial charge < -0.3 is 15.6 Å². The summed E-state index contributed by atoms with van der Waals surface area (Å²) in [7, 11) is 0. The quantitative estimate of drug-likeness (QED) is 0.730. The molecule has 1 aliphatic heterocycles. The fraction of sp³-hybridized carbons (Fsp3) is 0.647. The summed E-state index contributed by atoms with van der Waals surface area (Å²) in [6, 6.07) is 0. The molecule has 0 bridgehead atoms. The molecule has 0 radical (unpaired) electrons. The molecule has 2 rings (SSSR count). The number of aromatic nitrogens is 1. The first-order valence-electron chi connectivity index (χ1n) is 8.09. The smallest absolute Gasteiger partial charge is 0.268 e. The normalized spacial score (nSPS) is 17.3. The molecule has 0 saturated carbocycles. The molecule has 1 aliphatic rings. The fourth-order valence-electron chi connectivity index (χ4n) is 3.29. The number of hydrogen-bond donors (Lipinski definition) is 3. The molecule has 0 aromatic carbocycles. The van der Waals surface area contributed by atoms with Crippen molar-refractivity contribution in [2.24, 2.45) is 5.41 Å². The maximum atomic E-state index is 12.5. The van der Waals surface area contributed by atoms with Crippen molar-refractivity contribution in [3.63, 3.8) is 0 Å². The molecule has 3 N–H and O–H groups in total. The van der Waals surface area contributed by atoms with Crippen molar-refractivity contribution >= 4 is 11.7 Å². The van der Waals surface area contributed by atoms with Gasteiger partial charge in [0.15, 0.2) is 5.78 Å². The predicted octanol–water partition coefficient (Wildman–Crippen LogP) is 2.21. The molecule has 0 aliphatic carbocycles. The number of Topliss-reactive ketones (excluding diaryl/α,β-unsaturated/α-hetero) is 1. The maximum Gasteiger partial charge on any atom is 0.268 e. The Morgan fingerprint density at radius 3 is 2.45 bits per heavy atom. The van der Waals surface area contributed by atoms with Gasteiger partial charge in [-0.25, -0.2) is 0 Å². The zero-order valence-electron chi connectivity index (χ0n) is 14.1. The second kappa shape index (κ2) is 6.65. The van der Waals surface area contributed by atoms with E-state index in [0.29, 0.717) is 24.2 Å². The predicted molar refractivity (Wildman–Crippen MR) is 87.5 cm³/mol. The largest absolute Gasteiger partial charge is 0.354 e. The molecule has 1 saturated heterocycles.